The monoisotopic (exact) mass is 236 g/mol. The molecule has 0 saturated heterocycles. The van der Waals surface area contributed by atoms with Crippen molar-refractivity contribution in [3.05, 3.63) is 12.2 Å². The molecule has 17 heavy (non-hydrogen) atoms. The molecule has 1 heterocycles. The molecule has 0 unspecified atom stereocenters. The Kier molecular flexibility index (Phi) is 3.82. The van der Waals surface area contributed by atoms with E-state index in [1.54, 1.807) is 6.33 Å². The Morgan fingerprint density at radius 3 is 2.82 bits per heavy atom. The third-order valence-electron chi connectivity index (χ3n) is 3.51. The van der Waals surface area contributed by atoms with E-state index >= 15 is 0 Å². The zero-order valence-electron chi connectivity index (χ0n) is 11.2. The van der Waals surface area contributed by atoms with Crippen molar-refractivity contribution in [3.8, 4) is 0 Å². The molecule has 0 radical (unpaired) electrons. The Labute approximate surface area is 104 Å². The summed E-state index contributed by atoms with van der Waals surface area (Å²) >= 11 is 0. The summed E-state index contributed by atoms with van der Waals surface area (Å²) in [6.07, 6.45) is 6.54. The van der Waals surface area contributed by atoms with Gasteiger partial charge in [0.05, 0.1) is 0 Å². The van der Waals surface area contributed by atoms with E-state index in [-0.39, 0.29) is 0 Å². The van der Waals surface area contributed by atoms with Gasteiger partial charge in [0.1, 0.15) is 12.2 Å². The minimum atomic E-state index is 0.461. The fourth-order valence-corrected chi connectivity index (χ4v) is 2.17. The summed E-state index contributed by atoms with van der Waals surface area (Å²) in [6.45, 7) is 8.69. The van der Waals surface area contributed by atoms with Crippen LogP contribution in [0.3, 0.4) is 0 Å². The second kappa shape index (κ2) is 5.17. The predicted molar refractivity (Wildman–Crippen MR) is 68.8 cm³/mol. The van der Waals surface area contributed by atoms with Crippen LogP contribution in [0.25, 0.3) is 0 Å². The van der Waals surface area contributed by atoms with E-state index in [4.69, 9.17) is 0 Å². The normalized spacial score (nSPS) is 17.6. The molecule has 4 nitrogen and oxygen atoms in total. The molecule has 0 atom stereocenters. The maximum absolute atomic E-state index is 4.41. The van der Waals surface area contributed by atoms with Gasteiger partial charge in [-0.15, -0.1) is 0 Å². The van der Waals surface area contributed by atoms with Crippen molar-refractivity contribution >= 4 is 0 Å². The van der Waals surface area contributed by atoms with Gasteiger partial charge in [0, 0.05) is 25.6 Å². The van der Waals surface area contributed by atoms with Crippen molar-refractivity contribution < 1.29 is 0 Å². The molecule has 1 saturated carbocycles. The van der Waals surface area contributed by atoms with Crippen LogP contribution in [-0.4, -0.2) is 27.4 Å². The molecule has 4 heteroatoms. The highest BCUT2D eigenvalue weighted by Crippen LogP contribution is 2.47. The number of hydrogen-bond donors (Lipinski definition) is 1. The van der Waals surface area contributed by atoms with E-state index in [2.05, 4.69) is 40.9 Å². The summed E-state index contributed by atoms with van der Waals surface area (Å²) < 4.78 is 2.06. The van der Waals surface area contributed by atoms with Gasteiger partial charge in [-0.1, -0.05) is 20.8 Å². The van der Waals surface area contributed by atoms with Gasteiger partial charge in [-0.05, 0) is 24.7 Å². The van der Waals surface area contributed by atoms with Crippen molar-refractivity contribution in [1.82, 2.24) is 20.1 Å². The molecular weight excluding hydrogens is 212 g/mol. The first kappa shape index (κ1) is 12.6. The number of hydrogen-bond acceptors (Lipinski definition) is 3. The molecule has 2 rings (SSSR count). The van der Waals surface area contributed by atoms with E-state index < -0.39 is 0 Å². The smallest absolute Gasteiger partial charge is 0.138 e. The van der Waals surface area contributed by atoms with E-state index in [1.807, 2.05) is 0 Å². The van der Waals surface area contributed by atoms with E-state index in [0.717, 1.165) is 31.8 Å². The Morgan fingerprint density at radius 1 is 1.47 bits per heavy atom. The fourth-order valence-electron chi connectivity index (χ4n) is 2.17. The van der Waals surface area contributed by atoms with Crippen molar-refractivity contribution in [2.75, 3.05) is 6.54 Å². The molecule has 0 amide bonds. The van der Waals surface area contributed by atoms with E-state index in [1.165, 1.54) is 12.8 Å². The maximum atomic E-state index is 4.41. The Morgan fingerprint density at radius 2 is 2.24 bits per heavy atom. The number of nitrogens with one attached hydrogen (secondary N) is 1. The zero-order valence-corrected chi connectivity index (χ0v) is 11.2. The zero-order chi connectivity index (χ0) is 12.3. The number of nitrogens with zero attached hydrogens (tertiary/aromatic N) is 3. The van der Waals surface area contributed by atoms with Gasteiger partial charge in [-0.25, -0.2) is 4.98 Å². The fraction of sp³-hybridized carbons (Fsp3) is 0.846. The van der Waals surface area contributed by atoms with Crippen LogP contribution >= 0.6 is 0 Å². The Balaban J connectivity index is 1.93. The lowest BCUT2D eigenvalue weighted by Crippen LogP contribution is -2.31. The average molecular weight is 236 g/mol. The first-order chi connectivity index (χ1) is 8.15. The van der Waals surface area contributed by atoms with Gasteiger partial charge in [-0.3, -0.25) is 4.68 Å². The van der Waals surface area contributed by atoms with Gasteiger partial charge in [0.25, 0.3) is 0 Å². The predicted octanol–water partition coefficient (Wildman–Crippen LogP) is 2.01. The van der Waals surface area contributed by atoms with Crippen LogP contribution < -0.4 is 5.32 Å². The van der Waals surface area contributed by atoms with Crippen LogP contribution in [0.2, 0.25) is 0 Å². The summed E-state index contributed by atoms with van der Waals surface area (Å²) in [5, 5.41) is 7.85. The summed E-state index contributed by atoms with van der Waals surface area (Å²) in [6, 6.07) is 0.570. The van der Waals surface area contributed by atoms with Crippen molar-refractivity contribution in [2.24, 2.45) is 5.41 Å². The van der Waals surface area contributed by atoms with Gasteiger partial charge in [0.2, 0.25) is 0 Å². The molecule has 1 aromatic heterocycles. The minimum Gasteiger partial charge on any atom is -0.314 e. The topological polar surface area (TPSA) is 42.7 Å². The van der Waals surface area contributed by atoms with E-state index in [9.17, 15) is 0 Å². The number of aromatic nitrogens is 3. The second-order valence-electron chi connectivity index (χ2n) is 5.61. The molecule has 0 aromatic carbocycles. The van der Waals surface area contributed by atoms with Gasteiger partial charge < -0.3 is 5.32 Å². The quantitative estimate of drug-likeness (QED) is 0.787. The first-order valence-electron chi connectivity index (χ1n) is 6.75. The van der Waals surface area contributed by atoms with Crippen molar-refractivity contribution in [2.45, 2.75) is 59.0 Å². The molecule has 96 valence electrons. The van der Waals surface area contributed by atoms with E-state index in [0.29, 0.717) is 11.5 Å². The summed E-state index contributed by atoms with van der Waals surface area (Å²) in [7, 11) is 0. The summed E-state index contributed by atoms with van der Waals surface area (Å²) in [4.78, 5) is 4.41. The van der Waals surface area contributed by atoms with Gasteiger partial charge in [-0.2, -0.15) is 5.10 Å². The lowest BCUT2D eigenvalue weighted by Gasteiger charge is -2.17. The molecule has 1 fully saturated rings. The summed E-state index contributed by atoms with van der Waals surface area (Å²) in [5.41, 5.74) is 0.461. The molecule has 1 aromatic rings. The second-order valence-corrected chi connectivity index (χ2v) is 5.61. The lowest BCUT2D eigenvalue weighted by atomic mass is 10.0. The Bertz CT molecular complexity index is 352. The number of aryl methyl sites for hydroxylation is 1. The molecule has 1 N–H and O–H groups in total. The lowest BCUT2D eigenvalue weighted by molar-refractivity contribution is 0.409. The third-order valence-corrected chi connectivity index (χ3v) is 3.51. The first-order valence-corrected chi connectivity index (χ1v) is 6.75. The molecule has 0 aliphatic heterocycles. The highest BCUT2D eigenvalue weighted by molar-refractivity contribution is 5.03. The maximum Gasteiger partial charge on any atom is 0.138 e. The van der Waals surface area contributed by atoms with Crippen LogP contribution in [0.5, 0.6) is 0 Å². The highest BCUT2D eigenvalue weighted by atomic mass is 15.3. The van der Waals surface area contributed by atoms with Crippen molar-refractivity contribution in [1.29, 1.82) is 0 Å². The third kappa shape index (κ3) is 3.28. The van der Waals surface area contributed by atoms with Crippen molar-refractivity contribution in [3.63, 3.8) is 0 Å². The van der Waals surface area contributed by atoms with Crippen LogP contribution in [0, 0.1) is 5.41 Å². The standard InChI is InChI=1S/C13H24N4/c1-4-7-17-12(15-10-16-17)8-13(5-6-13)9-14-11(2)3/h10-11,14H,4-9H2,1-3H3. The summed E-state index contributed by atoms with van der Waals surface area (Å²) in [5.74, 6) is 1.16. The van der Waals surface area contributed by atoms with Gasteiger partial charge in [0.15, 0.2) is 0 Å². The van der Waals surface area contributed by atoms with Crippen LogP contribution in [0.15, 0.2) is 6.33 Å². The van der Waals surface area contributed by atoms with Crippen LogP contribution in [0.4, 0.5) is 0 Å². The molecule has 1 aliphatic carbocycles. The number of rotatable bonds is 7. The average Bonchev–Trinajstić information content (AvgIpc) is 2.92. The van der Waals surface area contributed by atoms with Crippen LogP contribution in [-0.2, 0) is 13.0 Å². The molecule has 0 spiro atoms. The molecule has 0 bridgehead atoms. The van der Waals surface area contributed by atoms with Crippen LogP contribution in [0.1, 0.15) is 45.9 Å². The van der Waals surface area contributed by atoms with Gasteiger partial charge >= 0.3 is 0 Å². The largest absolute Gasteiger partial charge is 0.314 e. The Hall–Kier alpha value is -0.900. The molecule has 1 aliphatic rings. The molecular formula is C13H24N4. The highest BCUT2D eigenvalue weighted by Gasteiger charge is 2.43. The minimum absolute atomic E-state index is 0.461. The SMILES string of the molecule is CCCn1ncnc1CC1(CNC(C)C)CC1.